The monoisotopic (exact) mass is 380 g/mol. The number of aryl methyl sites for hydroxylation is 2. The Balaban J connectivity index is 1.58. The first-order chi connectivity index (χ1) is 13.5. The van der Waals surface area contributed by atoms with Crippen LogP contribution in [0.4, 0.5) is 5.69 Å². The lowest BCUT2D eigenvalue weighted by Gasteiger charge is -2.18. The molecule has 1 fully saturated rings. The molecule has 0 aliphatic carbocycles. The normalized spacial score (nSPS) is 16.3. The third kappa shape index (κ3) is 4.71. The molecule has 0 unspecified atom stereocenters. The number of nitrogens with zero attached hydrogens (tertiary/aromatic N) is 1. The largest absolute Gasteiger partial charge is 0.494 e. The molecule has 2 amide bonds. The molecule has 28 heavy (non-hydrogen) atoms. The number of hydrogen-bond acceptors (Lipinski definition) is 3. The summed E-state index contributed by atoms with van der Waals surface area (Å²) in [7, 11) is 0. The molecule has 148 valence electrons. The predicted octanol–water partition coefficient (Wildman–Crippen LogP) is 4.02. The molecule has 1 N–H and O–H groups in total. The topological polar surface area (TPSA) is 58.6 Å². The summed E-state index contributed by atoms with van der Waals surface area (Å²) >= 11 is 0. The van der Waals surface area contributed by atoms with E-state index in [0.717, 1.165) is 29.8 Å². The minimum Gasteiger partial charge on any atom is -0.494 e. The average molecular weight is 380 g/mol. The average Bonchev–Trinajstić information content (AvgIpc) is 3.05. The van der Waals surface area contributed by atoms with Crippen LogP contribution in [0.3, 0.4) is 0 Å². The van der Waals surface area contributed by atoms with E-state index in [1.807, 2.05) is 44.2 Å². The van der Waals surface area contributed by atoms with Crippen LogP contribution < -0.4 is 15.0 Å². The maximum atomic E-state index is 12.5. The van der Waals surface area contributed by atoms with Crippen LogP contribution in [-0.4, -0.2) is 31.0 Å². The van der Waals surface area contributed by atoms with Gasteiger partial charge in [-0.15, -0.1) is 0 Å². The standard InChI is InChI=1S/C23H28N2O3/c1-4-5-12-28-21-10-7-18(8-11-21)23(27)24-19-14-22(26)25(15-19)20-9-6-16(2)17(3)13-20/h6-11,13,19H,4-5,12,14-15H2,1-3H3,(H,24,27)/t19-/m1/s1. The third-order valence-electron chi connectivity index (χ3n) is 5.15. The van der Waals surface area contributed by atoms with Crippen LogP contribution in [0.25, 0.3) is 0 Å². The van der Waals surface area contributed by atoms with Crippen molar-refractivity contribution in [1.29, 1.82) is 0 Å². The minimum atomic E-state index is -0.193. The summed E-state index contributed by atoms with van der Waals surface area (Å²) in [4.78, 5) is 26.7. The number of benzene rings is 2. The van der Waals surface area contributed by atoms with Crippen molar-refractivity contribution in [3.8, 4) is 5.75 Å². The molecule has 0 saturated carbocycles. The van der Waals surface area contributed by atoms with Gasteiger partial charge >= 0.3 is 0 Å². The molecule has 0 bridgehead atoms. The van der Waals surface area contributed by atoms with Crippen LogP contribution in [0.1, 0.15) is 47.7 Å². The molecule has 2 aromatic carbocycles. The van der Waals surface area contributed by atoms with Gasteiger partial charge in [0.05, 0.1) is 12.6 Å². The van der Waals surface area contributed by atoms with E-state index in [2.05, 4.69) is 12.2 Å². The van der Waals surface area contributed by atoms with Crippen LogP contribution in [0.15, 0.2) is 42.5 Å². The molecule has 0 aromatic heterocycles. The van der Waals surface area contributed by atoms with Gasteiger partial charge in [-0.3, -0.25) is 9.59 Å². The zero-order valence-electron chi connectivity index (χ0n) is 16.8. The van der Waals surface area contributed by atoms with Crippen LogP contribution in [0, 0.1) is 13.8 Å². The van der Waals surface area contributed by atoms with Gasteiger partial charge in [-0.2, -0.15) is 0 Å². The van der Waals surface area contributed by atoms with Gasteiger partial charge in [0.15, 0.2) is 0 Å². The molecule has 3 rings (SSSR count). The van der Waals surface area contributed by atoms with Gasteiger partial charge in [-0.05, 0) is 67.8 Å². The second-order valence-corrected chi connectivity index (χ2v) is 7.37. The lowest BCUT2D eigenvalue weighted by atomic mass is 10.1. The number of amides is 2. The first kappa shape index (κ1) is 19.9. The summed E-state index contributed by atoms with van der Waals surface area (Å²) in [5.41, 5.74) is 3.81. The number of nitrogens with one attached hydrogen (secondary N) is 1. The van der Waals surface area contributed by atoms with Gasteiger partial charge < -0.3 is 15.0 Å². The van der Waals surface area contributed by atoms with E-state index in [0.29, 0.717) is 25.1 Å². The molecular formula is C23H28N2O3. The smallest absolute Gasteiger partial charge is 0.251 e. The second kappa shape index (κ2) is 8.91. The van der Waals surface area contributed by atoms with E-state index in [-0.39, 0.29) is 17.9 Å². The lowest BCUT2D eigenvalue weighted by Crippen LogP contribution is -2.37. The van der Waals surface area contributed by atoms with Crippen LogP contribution in [-0.2, 0) is 4.79 Å². The Labute approximate surface area is 166 Å². The zero-order valence-corrected chi connectivity index (χ0v) is 16.8. The Morgan fingerprint density at radius 3 is 2.57 bits per heavy atom. The molecule has 0 spiro atoms. The summed E-state index contributed by atoms with van der Waals surface area (Å²) in [5, 5.41) is 2.98. The van der Waals surface area contributed by atoms with Crippen molar-refractivity contribution < 1.29 is 14.3 Å². The molecule has 1 aliphatic rings. The number of anilines is 1. The third-order valence-corrected chi connectivity index (χ3v) is 5.15. The van der Waals surface area contributed by atoms with Gasteiger partial charge in [0.1, 0.15) is 5.75 Å². The number of carbonyl (C=O) groups is 2. The van der Waals surface area contributed by atoms with E-state index >= 15 is 0 Å². The number of ether oxygens (including phenoxy) is 1. The molecule has 1 aliphatic heterocycles. The lowest BCUT2D eigenvalue weighted by molar-refractivity contribution is -0.117. The highest BCUT2D eigenvalue weighted by Gasteiger charge is 2.31. The summed E-state index contributed by atoms with van der Waals surface area (Å²) < 4.78 is 5.63. The highest BCUT2D eigenvalue weighted by atomic mass is 16.5. The van der Waals surface area contributed by atoms with Gasteiger partial charge in [0.25, 0.3) is 5.91 Å². The fourth-order valence-electron chi connectivity index (χ4n) is 3.25. The van der Waals surface area contributed by atoms with Gasteiger partial charge in [0.2, 0.25) is 5.91 Å². The molecule has 1 atom stereocenters. The maximum absolute atomic E-state index is 12.5. The fraction of sp³-hybridized carbons (Fsp3) is 0.391. The number of rotatable bonds is 7. The number of hydrogen-bond donors (Lipinski definition) is 1. The summed E-state index contributed by atoms with van der Waals surface area (Å²) in [6.07, 6.45) is 2.41. The Kier molecular flexibility index (Phi) is 6.34. The van der Waals surface area contributed by atoms with E-state index in [1.54, 1.807) is 17.0 Å². The Hall–Kier alpha value is -2.82. The minimum absolute atomic E-state index is 0.0354. The molecule has 5 heteroatoms. The summed E-state index contributed by atoms with van der Waals surface area (Å²) in [6.45, 7) is 7.37. The van der Waals surface area contributed by atoms with Crippen LogP contribution >= 0.6 is 0 Å². The summed E-state index contributed by atoms with van der Waals surface area (Å²) in [5.74, 6) is 0.634. The highest BCUT2D eigenvalue weighted by molar-refractivity contribution is 5.99. The van der Waals surface area contributed by atoms with Gasteiger partial charge in [0, 0.05) is 24.2 Å². The predicted molar refractivity (Wildman–Crippen MR) is 111 cm³/mol. The van der Waals surface area contributed by atoms with Gasteiger partial charge in [-0.1, -0.05) is 19.4 Å². The van der Waals surface area contributed by atoms with Crippen LogP contribution in [0.2, 0.25) is 0 Å². The Morgan fingerprint density at radius 2 is 1.89 bits per heavy atom. The van der Waals surface area contributed by atoms with Crippen molar-refractivity contribution in [2.24, 2.45) is 0 Å². The van der Waals surface area contributed by atoms with Crippen molar-refractivity contribution >= 4 is 17.5 Å². The first-order valence-electron chi connectivity index (χ1n) is 9.89. The Bertz CT molecular complexity index is 845. The van der Waals surface area contributed by atoms with E-state index in [9.17, 15) is 9.59 Å². The van der Waals surface area contributed by atoms with Gasteiger partial charge in [-0.25, -0.2) is 0 Å². The molecule has 2 aromatic rings. The fourth-order valence-corrected chi connectivity index (χ4v) is 3.25. The molecule has 1 heterocycles. The van der Waals surface area contributed by atoms with Crippen molar-refractivity contribution in [2.75, 3.05) is 18.1 Å². The number of unbranched alkanes of at least 4 members (excludes halogenated alkanes) is 1. The first-order valence-corrected chi connectivity index (χ1v) is 9.89. The maximum Gasteiger partial charge on any atom is 0.251 e. The van der Waals surface area contributed by atoms with E-state index in [4.69, 9.17) is 4.74 Å². The van der Waals surface area contributed by atoms with Crippen molar-refractivity contribution in [2.45, 2.75) is 46.1 Å². The summed E-state index contributed by atoms with van der Waals surface area (Å²) in [6, 6.07) is 13.0. The van der Waals surface area contributed by atoms with Crippen molar-refractivity contribution in [3.63, 3.8) is 0 Å². The number of carbonyl (C=O) groups excluding carboxylic acids is 2. The molecule has 0 radical (unpaired) electrons. The molecule has 1 saturated heterocycles. The van der Waals surface area contributed by atoms with Crippen LogP contribution in [0.5, 0.6) is 5.75 Å². The quantitative estimate of drug-likeness (QED) is 0.738. The van der Waals surface area contributed by atoms with Crippen molar-refractivity contribution in [1.82, 2.24) is 5.32 Å². The SMILES string of the molecule is CCCCOc1ccc(C(=O)N[C@@H]2CC(=O)N(c3ccc(C)c(C)c3)C2)cc1. The van der Waals surface area contributed by atoms with E-state index < -0.39 is 0 Å². The zero-order chi connectivity index (χ0) is 20.1. The van der Waals surface area contributed by atoms with E-state index in [1.165, 1.54) is 5.56 Å². The molecule has 5 nitrogen and oxygen atoms in total. The highest BCUT2D eigenvalue weighted by Crippen LogP contribution is 2.24. The second-order valence-electron chi connectivity index (χ2n) is 7.37. The molecular weight excluding hydrogens is 352 g/mol. The Morgan fingerprint density at radius 1 is 1.14 bits per heavy atom. The van der Waals surface area contributed by atoms with Crippen molar-refractivity contribution in [3.05, 3.63) is 59.2 Å².